The van der Waals surface area contributed by atoms with Crippen LogP contribution in [0.25, 0.3) is 10.9 Å². The van der Waals surface area contributed by atoms with Crippen molar-refractivity contribution in [3.63, 3.8) is 0 Å². The second-order valence-corrected chi connectivity index (χ2v) is 3.75. The first kappa shape index (κ1) is 10.0. The van der Waals surface area contributed by atoms with Crippen LogP contribution in [0.2, 0.25) is 0 Å². The Morgan fingerprint density at radius 1 is 1.47 bits per heavy atom. The summed E-state index contributed by atoms with van der Waals surface area (Å²) in [6.07, 6.45) is 1.24. The normalized spacial score (nSPS) is 10.5. The van der Waals surface area contributed by atoms with Gasteiger partial charge >= 0.3 is 5.97 Å². The topological polar surface area (TPSA) is 50.2 Å². The van der Waals surface area contributed by atoms with Gasteiger partial charge in [-0.25, -0.2) is 9.18 Å². The summed E-state index contributed by atoms with van der Waals surface area (Å²) in [4.78, 5) is 14.7. The van der Waals surface area contributed by atoms with E-state index in [-0.39, 0.29) is 5.56 Å². The fraction of sp³-hybridized carbons (Fsp3) is 0. The fourth-order valence-electron chi connectivity index (χ4n) is 1.28. The molecule has 0 aliphatic carbocycles. The molecule has 0 saturated carbocycles. The molecule has 3 nitrogen and oxygen atoms in total. The second-order valence-electron chi connectivity index (χ2n) is 2.95. The van der Waals surface area contributed by atoms with Crippen molar-refractivity contribution in [2.75, 3.05) is 0 Å². The van der Waals surface area contributed by atoms with Crippen molar-refractivity contribution in [2.45, 2.75) is 0 Å². The minimum atomic E-state index is -1.10. The molecule has 0 unspecified atom stereocenters. The van der Waals surface area contributed by atoms with E-state index in [2.05, 4.69) is 20.9 Å². The van der Waals surface area contributed by atoms with Crippen molar-refractivity contribution in [3.8, 4) is 0 Å². The summed E-state index contributed by atoms with van der Waals surface area (Å²) >= 11 is 3.13. The third-order valence-corrected chi connectivity index (χ3v) is 2.85. The first-order valence-electron chi connectivity index (χ1n) is 4.06. The van der Waals surface area contributed by atoms with E-state index in [1.807, 2.05) is 0 Å². The van der Waals surface area contributed by atoms with Crippen molar-refractivity contribution in [2.24, 2.45) is 0 Å². The maximum absolute atomic E-state index is 13.0. The van der Waals surface area contributed by atoms with Crippen LogP contribution in [-0.4, -0.2) is 16.1 Å². The lowest BCUT2D eigenvalue weighted by Gasteiger charge is -2.03. The van der Waals surface area contributed by atoms with Crippen LogP contribution < -0.4 is 0 Å². The van der Waals surface area contributed by atoms with Crippen molar-refractivity contribution in [1.29, 1.82) is 0 Å². The van der Waals surface area contributed by atoms with Gasteiger partial charge in [0, 0.05) is 16.1 Å². The highest BCUT2D eigenvalue weighted by Crippen LogP contribution is 2.26. The third kappa shape index (κ3) is 1.70. The van der Waals surface area contributed by atoms with Crippen LogP contribution in [0.15, 0.2) is 28.9 Å². The zero-order valence-electron chi connectivity index (χ0n) is 7.37. The van der Waals surface area contributed by atoms with Gasteiger partial charge in [0.1, 0.15) is 5.82 Å². The van der Waals surface area contributed by atoms with Crippen LogP contribution >= 0.6 is 15.9 Å². The molecule has 0 aliphatic heterocycles. The minimum Gasteiger partial charge on any atom is -0.478 e. The van der Waals surface area contributed by atoms with Crippen LogP contribution in [0.3, 0.4) is 0 Å². The van der Waals surface area contributed by atoms with Crippen molar-refractivity contribution < 1.29 is 14.3 Å². The van der Waals surface area contributed by atoms with Crippen LogP contribution in [0, 0.1) is 5.82 Å². The first-order valence-corrected chi connectivity index (χ1v) is 4.86. The quantitative estimate of drug-likeness (QED) is 0.866. The van der Waals surface area contributed by atoms with E-state index < -0.39 is 11.8 Å². The number of hydrogen-bond donors (Lipinski definition) is 1. The van der Waals surface area contributed by atoms with Crippen LogP contribution in [-0.2, 0) is 0 Å². The highest BCUT2D eigenvalue weighted by Gasteiger charge is 2.12. The highest BCUT2D eigenvalue weighted by atomic mass is 79.9. The van der Waals surface area contributed by atoms with Crippen LogP contribution in [0.5, 0.6) is 0 Å². The molecule has 15 heavy (non-hydrogen) atoms. The molecule has 1 aromatic heterocycles. The van der Waals surface area contributed by atoms with E-state index in [9.17, 15) is 9.18 Å². The first-order chi connectivity index (χ1) is 7.09. The molecular weight excluding hydrogens is 265 g/mol. The number of benzene rings is 1. The van der Waals surface area contributed by atoms with E-state index in [0.717, 1.165) is 0 Å². The standard InChI is InChI=1S/C10H5BrFNO2/c11-9-6-3-5(12)1-2-8(6)13-4-7(9)10(14)15/h1-4H,(H,14,15). The molecule has 0 saturated heterocycles. The summed E-state index contributed by atoms with van der Waals surface area (Å²) in [5, 5.41) is 9.28. The Balaban J connectivity index is 2.82. The lowest BCUT2D eigenvalue weighted by Crippen LogP contribution is -1.99. The maximum atomic E-state index is 13.0. The van der Waals surface area contributed by atoms with Gasteiger partial charge in [0.25, 0.3) is 0 Å². The van der Waals surface area contributed by atoms with Crippen molar-refractivity contribution in [1.82, 2.24) is 4.98 Å². The fourth-order valence-corrected chi connectivity index (χ4v) is 1.87. The number of nitrogens with zero attached hydrogens (tertiary/aromatic N) is 1. The molecule has 1 N–H and O–H groups in total. The number of rotatable bonds is 1. The molecular formula is C10H5BrFNO2. The Labute approximate surface area is 92.7 Å². The number of carbonyl (C=O) groups is 1. The Hall–Kier alpha value is -1.49. The maximum Gasteiger partial charge on any atom is 0.338 e. The van der Waals surface area contributed by atoms with Gasteiger partial charge in [0.15, 0.2) is 0 Å². The van der Waals surface area contributed by atoms with Gasteiger partial charge in [0.2, 0.25) is 0 Å². The molecule has 0 aliphatic rings. The largest absolute Gasteiger partial charge is 0.478 e. The van der Waals surface area contributed by atoms with E-state index >= 15 is 0 Å². The van der Waals surface area contributed by atoms with Crippen molar-refractivity contribution in [3.05, 3.63) is 40.2 Å². The molecule has 0 bridgehead atoms. The smallest absolute Gasteiger partial charge is 0.338 e. The van der Waals surface area contributed by atoms with Crippen molar-refractivity contribution >= 4 is 32.8 Å². The van der Waals surface area contributed by atoms with Crippen LogP contribution in [0.4, 0.5) is 4.39 Å². The molecule has 0 amide bonds. The Kier molecular flexibility index (Phi) is 2.40. The molecule has 0 spiro atoms. The number of carboxylic acids is 1. The van der Waals surface area contributed by atoms with Gasteiger partial charge in [-0.3, -0.25) is 4.98 Å². The molecule has 1 heterocycles. The lowest BCUT2D eigenvalue weighted by molar-refractivity contribution is 0.0695. The van der Waals surface area contributed by atoms with E-state index in [4.69, 9.17) is 5.11 Å². The molecule has 2 rings (SSSR count). The average molecular weight is 270 g/mol. The highest BCUT2D eigenvalue weighted by molar-refractivity contribution is 9.10. The molecule has 1 aromatic carbocycles. The molecule has 76 valence electrons. The average Bonchev–Trinajstić information content (AvgIpc) is 2.19. The molecule has 0 radical (unpaired) electrons. The second kappa shape index (κ2) is 3.58. The molecule has 5 heteroatoms. The SMILES string of the molecule is O=C(O)c1cnc2ccc(F)cc2c1Br. The summed E-state index contributed by atoms with van der Waals surface area (Å²) in [7, 11) is 0. The molecule has 2 aromatic rings. The molecule has 0 atom stereocenters. The van der Waals surface area contributed by atoms with Gasteiger partial charge in [-0.1, -0.05) is 0 Å². The van der Waals surface area contributed by atoms with E-state index in [0.29, 0.717) is 15.4 Å². The van der Waals surface area contributed by atoms with Gasteiger partial charge in [-0.05, 0) is 34.1 Å². The zero-order chi connectivity index (χ0) is 11.0. The minimum absolute atomic E-state index is 0.0214. The van der Waals surface area contributed by atoms with Gasteiger partial charge in [-0.15, -0.1) is 0 Å². The van der Waals surface area contributed by atoms with Gasteiger partial charge in [0.05, 0.1) is 11.1 Å². The number of carboxylic acid groups (broad SMARTS) is 1. The Morgan fingerprint density at radius 2 is 2.20 bits per heavy atom. The third-order valence-electron chi connectivity index (χ3n) is 1.99. The zero-order valence-corrected chi connectivity index (χ0v) is 8.95. The lowest BCUT2D eigenvalue weighted by atomic mass is 10.1. The molecule has 0 fully saturated rings. The Morgan fingerprint density at radius 3 is 2.87 bits per heavy atom. The number of halogens is 2. The predicted molar refractivity (Wildman–Crippen MR) is 56.4 cm³/mol. The number of aromatic nitrogens is 1. The predicted octanol–water partition coefficient (Wildman–Crippen LogP) is 2.83. The summed E-state index contributed by atoms with van der Waals surface area (Å²) in [5.41, 5.74) is 0.571. The summed E-state index contributed by atoms with van der Waals surface area (Å²) < 4.78 is 13.3. The summed E-state index contributed by atoms with van der Waals surface area (Å²) in [6, 6.07) is 4.03. The van der Waals surface area contributed by atoms with E-state index in [1.165, 1.54) is 24.4 Å². The number of fused-ring (bicyclic) bond motifs is 1. The van der Waals surface area contributed by atoms with Gasteiger partial charge < -0.3 is 5.11 Å². The number of aromatic carboxylic acids is 1. The number of hydrogen-bond acceptors (Lipinski definition) is 2. The monoisotopic (exact) mass is 269 g/mol. The van der Waals surface area contributed by atoms with Crippen LogP contribution in [0.1, 0.15) is 10.4 Å². The Bertz CT molecular complexity index is 556. The summed E-state index contributed by atoms with van der Waals surface area (Å²) in [6.45, 7) is 0. The number of pyridine rings is 1. The summed E-state index contributed by atoms with van der Waals surface area (Å²) in [5.74, 6) is -1.52. The van der Waals surface area contributed by atoms with Gasteiger partial charge in [-0.2, -0.15) is 0 Å². The van der Waals surface area contributed by atoms with E-state index in [1.54, 1.807) is 0 Å².